The van der Waals surface area contributed by atoms with Gasteiger partial charge in [-0.25, -0.2) is 8.42 Å². The number of benzene rings is 2. The van der Waals surface area contributed by atoms with Gasteiger partial charge in [0.05, 0.1) is 24.7 Å². The number of nitrogens with zero attached hydrogens (tertiary/aromatic N) is 1. The quantitative estimate of drug-likeness (QED) is 0.500. The minimum atomic E-state index is -3.78. The SMILES string of the molecule is COc1cc(CN(CC(OC)OC)S(=O)(=O)c2ccc(C)cc2)ccc1OC(C)C. The zero-order valence-electron chi connectivity index (χ0n) is 18.4. The van der Waals surface area contributed by atoms with E-state index in [2.05, 4.69) is 0 Å². The molecule has 0 unspecified atom stereocenters. The van der Waals surface area contributed by atoms with Crippen molar-refractivity contribution in [3.8, 4) is 11.5 Å². The highest BCUT2D eigenvalue weighted by Crippen LogP contribution is 2.30. The van der Waals surface area contributed by atoms with E-state index in [-0.39, 0.29) is 24.1 Å². The number of methoxy groups -OCH3 is 3. The minimum absolute atomic E-state index is 0.00710. The van der Waals surface area contributed by atoms with Crippen molar-refractivity contribution in [1.82, 2.24) is 4.31 Å². The van der Waals surface area contributed by atoms with Gasteiger partial charge in [-0.1, -0.05) is 23.8 Å². The molecule has 2 aromatic carbocycles. The third-order valence-electron chi connectivity index (χ3n) is 4.49. The van der Waals surface area contributed by atoms with Crippen LogP contribution < -0.4 is 9.47 Å². The number of hydrogen-bond acceptors (Lipinski definition) is 6. The average Bonchev–Trinajstić information content (AvgIpc) is 2.71. The first-order valence-electron chi connectivity index (χ1n) is 9.67. The van der Waals surface area contributed by atoms with E-state index in [1.165, 1.54) is 18.5 Å². The Balaban J connectivity index is 2.39. The predicted octanol–water partition coefficient (Wildman–Crippen LogP) is 3.60. The van der Waals surface area contributed by atoms with Crippen molar-refractivity contribution < 1.29 is 27.4 Å². The molecular weight excluding hydrogens is 406 g/mol. The monoisotopic (exact) mass is 437 g/mol. The molecule has 0 saturated carbocycles. The molecule has 7 nitrogen and oxygen atoms in total. The van der Waals surface area contributed by atoms with Crippen LogP contribution in [0.15, 0.2) is 47.4 Å². The molecule has 0 amide bonds. The van der Waals surface area contributed by atoms with Gasteiger partial charge in [0.15, 0.2) is 17.8 Å². The number of sulfonamides is 1. The summed E-state index contributed by atoms with van der Waals surface area (Å²) in [6, 6.07) is 12.1. The Morgan fingerprint density at radius 3 is 2.10 bits per heavy atom. The minimum Gasteiger partial charge on any atom is -0.493 e. The molecular formula is C22H31NO6S. The maximum absolute atomic E-state index is 13.3. The Kier molecular flexibility index (Phi) is 8.66. The lowest BCUT2D eigenvalue weighted by Gasteiger charge is -2.26. The summed E-state index contributed by atoms with van der Waals surface area (Å²) < 4.78 is 49.7. The Labute approximate surface area is 179 Å². The Bertz CT molecular complexity index is 908. The molecule has 0 aromatic heterocycles. The van der Waals surface area contributed by atoms with Crippen molar-refractivity contribution in [3.05, 3.63) is 53.6 Å². The highest BCUT2D eigenvalue weighted by atomic mass is 32.2. The molecule has 0 fully saturated rings. The van der Waals surface area contributed by atoms with Crippen LogP contribution in [0.1, 0.15) is 25.0 Å². The molecule has 0 radical (unpaired) electrons. The molecule has 0 aliphatic rings. The van der Waals surface area contributed by atoms with Gasteiger partial charge in [-0.3, -0.25) is 0 Å². The predicted molar refractivity (Wildman–Crippen MR) is 115 cm³/mol. The standard InChI is InChI=1S/C22H31NO6S/c1-16(2)29-20-12-9-18(13-21(20)26-4)14-23(15-22(27-5)28-6)30(24,25)19-10-7-17(3)8-11-19/h7-13,16,22H,14-15H2,1-6H3. The van der Waals surface area contributed by atoms with Crippen LogP contribution in [0.25, 0.3) is 0 Å². The average molecular weight is 438 g/mol. The molecule has 0 aliphatic carbocycles. The number of ether oxygens (including phenoxy) is 4. The molecule has 2 aromatic rings. The maximum Gasteiger partial charge on any atom is 0.243 e. The first-order chi connectivity index (χ1) is 14.2. The van der Waals surface area contributed by atoms with Crippen LogP contribution >= 0.6 is 0 Å². The molecule has 0 heterocycles. The van der Waals surface area contributed by atoms with E-state index >= 15 is 0 Å². The smallest absolute Gasteiger partial charge is 0.243 e. The van der Waals surface area contributed by atoms with Crippen LogP contribution in [-0.2, 0) is 26.0 Å². The van der Waals surface area contributed by atoms with E-state index in [1.54, 1.807) is 43.5 Å². The summed E-state index contributed by atoms with van der Waals surface area (Å²) in [7, 11) is 0.732. The first-order valence-corrected chi connectivity index (χ1v) is 11.1. The Hall–Kier alpha value is -2.13. The summed E-state index contributed by atoms with van der Waals surface area (Å²) >= 11 is 0. The van der Waals surface area contributed by atoms with E-state index in [0.717, 1.165) is 11.1 Å². The fourth-order valence-corrected chi connectivity index (χ4v) is 4.30. The number of aryl methyl sites for hydroxylation is 1. The van der Waals surface area contributed by atoms with E-state index in [4.69, 9.17) is 18.9 Å². The fraction of sp³-hybridized carbons (Fsp3) is 0.455. The molecule has 8 heteroatoms. The molecule has 0 bridgehead atoms. The normalized spacial score (nSPS) is 12.0. The van der Waals surface area contributed by atoms with Crippen LogP contribution in [0.2, 0.25) is 0 Å². The molecule has 0 spiro atoms. The Morgan fingerprint density at radius 2 is 1.57 bits per heavy atom. The fourth-order valence-electron chi connectivity index (χ4n) is 2.88. The first kappa shape index (κ1) is 24.1. The van der Waals surface area contributed by atoms with Crippen molar-refractivity contribution in [2.24, 2.45) is 0 Å². The lowest BCUT2D eigenvalue weighted by atomic mass is 10.2. The summed E-state index contributed by atoms with van der Waals surface area (Å²) in [5.41, 5.74) is 1.74. The van der Waals surface area contributed by atoms with Gasteiger partial charge >= 0.3 is 0 Å². The summed E-state index contributed by atoms with van der Waals surface area (Å²) in [4.78, 5) is 0.214. The molecule has 2 rings (SSSR count). The highest BCUT2D eigenvalue weighted by molar-refractivity contribution is 7.89. The zero-order valence-corrected chi connectivity index (χ0v) is 19.2. The van der Waals surface area contributed by atoms with Crippen LogP contribution in [0.3, 0.4) is 0 Å². The van der Waals surface area contributed by atoms with E-state index in [0.29, 0.717) is 11.5 Å². The lowest BCUT2D eigenvalue weighted by Crippen LogP contribution is -2.38. The second-order valence-electron chi connectivity index (χ2n) is 7.16. The largest absolute Gasteiger partial charge is 0.493 e. The van der Waals surface area contributed by atoms with E-state index in [9.17, 15) is 8.42 Å². The summed E-state index contributed by atoms with van der Waals surface area (Å²) in [5.74, 6) is 1.15. The van der Waals surface area contributed by atoms with E-state index < -0.39 is 16.3 Å². The van der Waals surface area contributed by atoms with Gasteiger partial charge < -0.3 is 18.9 Å². The van der Waals surface area contributed by atoms with Crippen molar-refractivity contribution in [2.45, 2.75) is 44.6 Å². The van der Waals surface area contributed by atoms with Crippen molar-refractivity contribution >= 4 is 10.0 Å². The van der Waals surface area contributed by atoms with Crippen molar-refractivity contribution in [3.63, 3.8) is 0 Å². The van der Waals surface area contributed by atoms with Crippen LogP contribution in [-0.4, -0.2) is 53.0 Å². The van der Waals surface area contributed by atoms with Gasteiger partial charge in [-0.05, 0) is 50.6 Å². The Morgan fingerprint density at radius 1 is 0.933 bits per heavy atom. The van der Waals surface area contributed by atoms with E-state index in [1.807, 2.05) is 26.8 Å². The zero-order chi connectivity index (χ0) is 22.3. The highest BCUT2D eigenvalue weighted by Gasteiger charge is 2.28. The molecule has 0 aliphatic heterocycles. The van der Waals surface area contributed by atoms with Gasteiger partial charge in [0.1, 0.15) is 0 Å². The van der Waals surface area contributed by atoms with Crippen LogP contribution in [0, 0.1) is 6.92 Å². The maximum atomic E-state index is 13.3. The second-order valence-corrected chi connectivity index (χ2v) is 9.10. The third-order valence-corrected chi connectivity index (χ3v) is 6.31. The molecule has 0 N–H and O–H groups in total. The van der Waals surface area contributed by atoms with Crippen LogP contribution in [0.4, 0.5) is 0 Å². The lowest BCUT2D eigenvalue weighted by molar-refractivity contribution is -0.108. The van der Waals surface area contributed by atoms with Gasteiger partial charge in [0.25, 0.3) is 0 Å². The van der Waals surface area contributed by atoms with Crippen molar-refractivity contribution in [2.75, 3.05) is 27.9 Å². The number of hydrogen-bond donors (Lipinski definition) is 0. The van der Waals surface area contributed by atoms with Crippen LogP contribution in [0.5, 0.6) is 11.5 Å². The van der Waals surface area contributed by atoms with Gasteiger partial charge in [0, 0.05) is 20.8 Å². The molecule has 0 atom stereocenters. The number of rotatable bonds is 11. The molecule has 166 valence electrons. The van der Waals surface area contributed by atoms with Crippen molar-refractivity contribution in [1.29, 1.82) is 0 Å². The second kappa shape index (κ2) is 10.8. The summed E-state index contributed by atoms with van der Waals surface area (Å²) in [6.07, 6.45) is -0.706. The summed E-state index contributed by atoms with van der Waals surface area (Å²) in [5, 5.41) is 0. The van der Waals surface area contributed by atoms with Gasteiger partial charge in [-0.15, -0.1) is 0 Å². The third kappa shape index (κ3) is 6.18. The summed E-state index contributed by atoms with van der Waals surface area (Å²) in [6.45, 7) is 5.93. The molecule has 0 saturated heterocycles. The molecule has 30 heavy (non-hydrogen) atoms. The van der Waals surface area contributed by atoms with Gasteiger partial charge in [-0.2, -0.15) is 4.31 Å². The topological polar surface area (TPSA) is 74.3 Å². The van der Waals surface area contributed by atoms with Gasteiger partial charge in [0.2, 0.25) is 10.0 Å².